The average molecular weight is 1410 g/mol. The minimum absolute atomic E-state index is 0.323. The van der Waals surface area contributed by atoms with Crippen molar-refractivity contribution >= 4 is 89.5 Å². The van der Waals surface area contributed by atoms with Crippen molar-refractivity contribution in [3.8, 4) is 144 Å². The van der Waals surface area contributed by atoms with Gasteiger partial charge in [-0.25, -0.2) is 0 Å². The fourth-order valence-electron chi connectivity index (χ4n) is 8.22. The summed E-state index contributed by atoms with van der Waals surface area (Å²) in [5.74, 6) is -33.5. The first kappa shape index (κ1) is 76.4. The maximum atomic E-state index is 13.3. The first-order valence-electron chi connectivity index (χ1n) is 28.6. The smallest absolute Gasteiger partial charge is 0.308 e. The Kier molecular flexibility index (Phi) is 25.2. The quantitative estimate of drug-likeness (QED) is 0.0380. The van der Waals surface area contributed by atoms with Crippen LogP contribution in [0, 0.1) is 0 Å². The average Bonchev–Trinajstić information content (AvgIpc) is 0.764. The van der Waals surface area contributed by atoms with E-state index in [9.17, 15) is 71.9 Å². The molecule has 0 spiro atoms. The first-order chi connectivity index (χ1) is 47.3. The summed E-state index contributed by atoms with van der Waals surface area (Å²) in [6.45, 7) is 13.9. The van der Waals surface area contributed by atoms with Gasteiger partial charge >= 0.3 is 89.5 Å². The van der Waals surface area contributed by atoms with Gasteiger partial charge in [0.15, 0.2) is 69.0 Å². The molecule has 0 bridgehead atoms. The van der Waals surface area contributed by atoms with Gasteiger partial charge in [-0.2, -0.15) is 0 Å². The highest BCUT2D eigenvalue weighted by Crippen LogP contribution is 2.58. The summed E-state index contributed by atoms with van der Waals surface area (Å²) in [5, 5.41) is 0. The van der Waals surface area contributed by atoms with E-state index in [1.165, 1.54) is 0 Å². The van der Waals surface area contributed by atoms with Crippen LogP contribution in [0.25, 0.3) is 0 Å². The molecule has 0 fully saturated rings. The summed E-state index contributed by atoms with van der Waals surface area (Å²) in [7, 11) is 0. The zero-order valence-corrected chi connectivity index (χ0v) is 55.6. The highest BCUT2D eigenvalue weighted by molar-refractivity contribution is 5.85. The number of rotatable bonds is 25. The van der Waals surface area contributed by atoms with Gasteiger partial charge in [0.25, 0.3) is 0 Å². The van der Waals surface area contributed by atoms with Gasteiger partial charge in [0.2, 0.25) is 46.0 Å². The zero-order valence-electron chi connectivity index (χ0n) is 55.6. The number of ether oxygens (including phenoxy) is 20. The van der Waals surface area contributed by atoms with Crippen molar-refractivity contribution in [3.05, 3.63) is 66.7 Å². The van der Waals surface area contributed by atoms with Crippen molar-refractivity contribution in [2.24, 2.45) is 0 Å². The van der Waals surface area contributed by atoms with Crippen molar-refractivity contribution in [2.45, 2.75) is 104 Å². The number of esters is 15. The molecule has 0 aliphatic rings. The standard InChI is InChI=1S/C66H56O35/c1-27(67)82-42-16-49(86-31(5)71)60(50(17-42)87-32(6)72)97-45-22-52(89-34(8)74)63(53(23-45)90-35(9)75)101-58-26-57(93-38(12)78)64(95-40(14)80)66(96-41(15)81)65(58)99-46-24-54(91-36(10)76)62(55(25-46)92-37(11)77)100-56-19-43(83-28(2)68)18-51(88-33(7)73)61(56)98-44-20-47(84-29(3)69)59(94-39(13)79)48(21-44)85-30(4)70/h16-26H,1-15H3. The number of hydrogen-bond acceptors (Lipinski definition) is 35. The van der Waals surface area contributed by atoms with Gasteiger partial charge in [-0.15, -0.1) is 0 Å². The second kappa shape index (κ2) is 33.4. The van der Waals surface area contributed by atoms with Crippen molar-refractivity contribution in [3.63, 3.8) is 0 Å². The number of carbonyl (C=O) groups is 15. The van der Waals surface area contributed by atoms with E-state index in [4.69, 9.17) is 94.7 Å². The molecule has 530 valence electrons. The maximum Gasteiger partial charge on any atom is 0.308 e. The number of benzene rings is 6. The van der Waals surface area contributed by atoms with E-state index in [1.54, 1.807) is 0 Å². The van der Waals surface area contributed by atoms with E-state index < -0.39 is 228 Å². The summed E-state index contributed by atoms with van der Waals surface area (Å²) in [6.07, 6.45) is 0. The Balaban J connectivity index is 1.71. The van der Waals surface area contributed by atoms with Crippen molar-refractivity contribution in [2.75, 3.05) is 0 Å². The first-order valence-corrected chi connectivity index (χ1v) is 28.6. The monoisotopic (exact) mass is 1410 g/mol. The molecule has 35 heteroatoms. The van der Waals surface area contributed by atoms with E-state index in [0.29, 0.717) is 0 Å². The number of hydrogen-bond donors (Lipinski definition) is 0. The molecule has 0 aliphatic heterocycles. The third-order valence-electron chi connectivity index (χ3n) is 11.0. The van der Waals surface area contributed by atoms with Crippen LogP contribution in [0.2, 0.25) is 0 Å². The maximum absolute atomic E-state index is 13.3. The van der Waals surface area contributed by atoms with E-state index in [2.05, 4.69) is 0 Å². The molecule has 0 saturated heterocycles. The second-order valence-electron chi connectivity index (χ2n) is 20.0. The molecule has 0 aromatic heterocycles. The lowest BCUT2D eigenvalue weighted by atomic mass is 10.2. The summed E-state index contributed by atoms with van der Waals surface area (Å²) < 4.78 is 112. The SMILES string of the molecule is CC(=O)Oc1cc(OC(C)=O)c(Oc2cc(OC(C)=O)c(Oc3cc(OC(C)=O)c(OC(C)=O)c(OC(C)=O)c3Oc3cc(OC(C)=O)c(Oc4cc(OC(C)=O)cc(OC(C)=O)c4Oc4cc(OC(C)=O)c(OC(C)=O)c(OC(C)=O)c4)c(OC(C)=O)c3)c(OC(C)=O)c2)c(OC(C)=O)c1. The highest BCUT2D eigenvalue weighted by atomic mass is 16.6. The lowest BCUT2D eigenvalue weighted by Crippen LogP contribution is -2.12. The predicted octanol–water partition coefficient (Wildman–Crippen LogP) is 9.53. The Morgan fingerprint density at radius 2 is 0.317 bits per heavy atom. The molecule has 0 N–H and O–H groups in total. The van der Waals surface area contributed by atoms with Crippen LogP contribution in [0.1, 0.15) is 104 Å². The molecule has 6 rings (SSSR count). The summed E-state index contributed by atoms with van der Waals surface area (Å²) in [4.78, 5) is 191. The van der Waals surface area contributed by atoms with E-state index in [1.807, 2.05) is 0 Å². The molecule has 6 aromatic rings. The Morgan fingerprint density at radius 3 is 0.574 bits per heavy atom. The topological polar surface area (TPSA) is 441 Å². The van der Waals surface area contributed by atoms with Crippen molar-refractivity contribution in [1.82, 2.24) is 0 Å². The van der Waals surface area contributed by atoms with Gasteiger partial charge in [-0.3, -0.25) is 71.9 Å². The van der Waals surface area contributed by atoms with E-state index >= 15 is 0 Å². The highest BCUT2D eigenvalue weighted by Gasteiger charge is 2.34. The van der Waals surface area contributed by atoms with Crippen LogP contribution < -0.4 is 94.7 Å². The van der Waals surface area contributed by atoms with E-state index in [0.717, 1.165) is 171 Å². The molecule has 0 aliphatic carbocycles. The minimum Gasteiger partial charge on any atom is -0.449 e. The van der Waals surface area contributed by atoms with Crippen LogP contribution in [0.4, 0.5) is 0 Å². The minimum atomic E-state index is -1.24. The summed E-state index contributed by atoms with van der Waals surface area (Å²) >= 11 is 0. The van der Waals surface area contributed by atoms with Crippen LogP contribution in [-0.2, 0) is 71.9 Å². The molecule has 35 nitrogen and oxygen atoms in total. The molecule has 0 saturated carbocycles. The lowest BCUT2D eigenvalue weighted by Gasteiger charge is -2.23. The van der Waals surface area contributed by atoms with Gasteiger partial charge in [0.1, 0.15) is 28.7 Å². The molecule has 6 aromatic carbocycles. The van der Waals surface area contributed by atoms with Gasteiger partial charge < -0.3 is 94.7 Å². The molecular formula is C66H56O35. The molecular weight excluding hydrogens is 1350 g/mol. The van der Waals surface area contributed by atoms with Gasteiger partial charge in [-0.1, -0.05) is 0 Å². The van der Waals surface area contributed by atoms with Crippen molar-refractivity contribution < 1.29 is 167 Å². The van der Waals surface area contributed by atoms with Crippen LogP contribution in [0.5, 0.6) is 144 Å². The van der Waals surface area contributed by atoms with Crippen LogP contribution >= 0.6 is 0 Å². The zero-order chi connectivity index (χ0) is 75.0. The Bertz CT molecular complexity index is 4310. The van der Waals surface area contributed by atoms with Crippen molar-refractivity contribution in [1.29, 1.82) is 0 Å². The Labute approximate surface area is 568 Å². The van der Waals surface area contributed by atoms with Gasteiger partial charge in [0.05, 0.1) is 0 Å². The lowest BCUT2D eigenvalue weighted by molar-refractivity contribution is -0.135. The molecule has 0 heterocycles. The third kappa shape index (κ3) is 22.2. The summed E-state index contributed by atoms with van der Waals surface area (Å²) in [5.41, 5.74) is 0. The molecule has 0 amide bonds. The Morgan fingerprint density at radius 1 is 0.149 bits per heavy atom. The van der Waals surface area contributed by atoms with Crippen LogP contribution in [0.3, 0.4) is 0 Å². The van der Waals surface area contributed by atoms with E-state index in [-0.39, 0.29) is 5.75 Å². The largest absolute Gasteiger partial charge is 0.449 e. The van der Waals surface area contributed by atoms with Gasteiger partial charge in [-0.05, 0) is 0 Å². The molecule has 0 radical (unpaired) electrons. The van der Waals surface area contributed by atoms with Crippen LogP contribution in [0.15, 0.2) is 66.7 Å². The fourth-order valence-corrected chi connectivity index (χ4v) is 8.22. The molecule has 0 unspecified atom stereocenters. The Hall–Kier alpha value is -13.6. The normalized spacial score (nSPS) is 10.3. The third-order valence-corrected chi connectivity index (χ3v) is 11.0. The van der Waals surface area contributed by atoms with Gasteiger partial charge in [0, 0.05) is 171 Å². The second-order valence-corrected chi connectivity index (χ2v) is 20.0. The number of carbonyl (C=O) groups excluding carboxylic acids is 15. The predicted molar refractivity (Wildman–Crippen MR) is 329 cm³/mol. The fraction of sp³-hybridized carbons (Fsp3) is 0.227. The summed E-state index contributed by atoms with van der Waals surface area (Å²) in [6, 6.07) is 9.88. The molecule has 101 heavy (non-hydrogen) atoms. The van der Waals surface area contributed by atoms with Crippen LogP contribution in [-0.4, -0.2) is 89.5 Å². The molecule has 0 atom stereocenters.